The molecule has 8 heteroatoms. The molecule has 1 fully saturated rings. The average molecular weight is 408 g/mol. The Balaban J connectivity index is 1.46. The molecule has 2 aliphatic rings. The van der Waals surface area contributed by atoms with E-state index in [9.17, 15) is 14.4 Å². The molecule has 1 atom stereocenters. The first-order valence-electron chi connectivity index (χ1n) is 10.0. The lowest BCUT2D eigenvalue weighted by Crippen LogP contribution is -2.52. The predicted molar refractivity (Wildman–Crippen MR) is 114 cm³/mol. The number of carbonyl (C=O) groups is 3. The SMILES string of the molecule is O=C(CN1C(=O)CN(C(=O)Nc2ccccc2)c2ccccc21)NC[C@@H]1CCCO1. The number of urea groups is 1. The van der Waals surface area contributed by atoms with Crippen LogP contribution in [0.15, 0.2) is 54.6 Å². The first-order valence-corrected chi connectivity index (χ1v) is 10.0. The summed E-state index contributed by atoms with van der Waals surface area (Å²) in [5.41, 5.74) is 1.75. The minimum Gasteiger partial charge on any atom is -0.376 e. The zero-order valence-corrected chi connectivity index (χ0v) is 16.5. The van der Waals surface area contributed by atoms with Crippen LogP contribution in [0.1, 0.15) is 12.8 Å². The third-order valence-corrected chi connectivity index (χ3v) is 5.18. The van der Waals surface area contributed by atoms with Gasteiger partial charge in [0.05, 0.1) is 17.5 Å². The molecule has 30 heavy (non-hydrogen) atoms. The Bertz CT molecular complexity index is 928. The summed E-state index contributed by atoms with van der Waals surface area (Å²) in [6, 6.07) is 15.7. The number of amides is 4. The first-order chi connectivity index (χ1) is 14.6. The van der Waals surface area contributed by atoms with Gasteiger partial charge in [-0.1, -0.05) is 30.3 Å². The van der Waals surface area contributed by atoms with E-state index in [1.165, 1.54) is 9.80 Å². The van der Waals surface area contributed by atoms with Crippen molar-refractivity contribution in [3.8, 4) is 0 Å². The Labute approximate surface area is 174 Å². The second-order valence-electron chi connectivity index (χ2n) is 7.29. The number of nitrogens with one attached hydrogen (secondary N) is 2. The Morgan fingerprint density at radius 2 is 1.77 bits per heavy atom. The fraction of sp³-hybridized carbons (Fsp3) is 0.318. The van der Waals surface area contributed by atoms with Crippen molar-refractivity contribution in [1.29, 1.82) is 0 Å². The molecule has 2 N–H and O–H groups in total. The van der Waals surface area contributed by atoms with E-state index in [0.717, 1.165) is 19.4 Å². The summed E-state index contributed by atoms with van der Waals surface area (Å²) in [7, 11) is 0. The fourth-order valence-electron chi connectivity index (χ4n) is 3.66. The molecule has 2 aromatic carbocycles. The van der Waals surface area contributed by atoms with Crippen LogP contribution in [0.3, 0.4) is 0 Å². The lowest BCUT2D eigenvalue weighted by Gasteiger charge is -2.35. The molecule has 0 saturated carbocycles. The molecule has 0 spiro atoms. The van der Waals surface area contributed by atoms with E-state index >= 15 is 0 Å². The van der Waals surface area contributed by atoms with E-state index in [4.69, 9.17) is 4.74 Å². The molecule has 0 radical (unpaired) electrons. The second-order valence-corrected chi connectivity index (χ2v) is 7.29. The van der Waals surface area contributed by atoms with Crippen LogP contribution in [-0.4, -0.2) is 50.2 Å². The minimum atomic E-state index is -0.399. The summed E-state index contributed by atoms with van der Waals surface area (Å²) in [5, 5.41) is 5.64. The van der Waals surface area contributed by atoms with Gasteiger partial charge < -0.3 is 15.4 Å². The number of hydrogen-bond donors (Lipinski definition) is 2. The van der Waals surface area contributed by atoms with Gasteiger partial charge in [-0.05, 0) is 37.1 Å². The molecule has 8 nitrogen and oxygen atoms in total. The molecule has 156 valence electrons. The maximum atomic E-state index is 12.8. The van der Waals surface area contributed by atoms with Crippen molar-refractivity contribution in [3.63, 3.8) is 0 Å². The van der Waals surface area contributed by atoms with Crippen LogP contribution in [0.2, 0.25) is 0 Å². The zero-order valence-electron chi connectivity index (χ0n) is 16.5. The molecule has 0 unspecified atom stereocenters. The lowest BCUT2D eigenvalue weighted by atomic mass is 10.1. The molecular formula is C22H24N4O4. The van der Waals surface area contributed by atoms with Crippen molar-refractivity contribution in [2.24, 2.45) is 0 Å². The van der Waals surface area contributed by atoms with E-state index < -0.39 is 6.03 Å². The summed E-state index contributed by atoms with van der Waals surface area (Å²) >= 11 is 0. The Kier molecular flexibility index (Phi) is 5.94. The van der Waals surface area contributed by atoms with Gasteiger partial charge in [-0.25, -0.2) is 4.79 Å². The number of carbonyl (C=O) groups excluding carboxylic acids is 3. The summed E-state index contributed by atoms with van der Waals surface area (Å²) in [6.45, 7) is 0.916. The summed E-state index contributed by atoms with van der Waals surface area (Å²) in [4.78, 5) is 40.9. The van der Waals surface area contributed by atoms with Crippen molar-refractivity contribution in [3.05, 3.63) is 54.6 Å². The molecule has 2 heterocycles. The highest BCUT2D eigenvalue weighted by molar-refractivity contribution is 6.14. The maximum absolute atomic E-state index is 12.8. The molecule has 4 rings (SSSR count). The van der Waals surface area contributed by atoms with Crippen molar-refractivity contribution in [2.75, 3.05) is 41.4 Å². The molecule has 0 bridgehead atoms. The molecule has 0 aliphatic carbocycles. The monoisotopic (exact) mass is 408 g/mol. The molecule has 4 amide bonds. The van der Waals surface area contributed by atoms with Gasteiger partial charge in [0.15, 0.2) is 0 Å². The van der Waals surface area contributed by atoms with E-state index in [0.29, 0.717) is 23.6 Å². The zero-order chi connectivity index (χ0) is 20.9. The van der Waals surface area contributed by atoms with Crippen LogP contribution in [0.25, 0.3) is 0 Å². The fourth-order valence-corrected chi connectivity index (χ4v) is 3.66. The number of fused-ring (bicyclic) bond motifs is 1. The predicted octanol–water partition coefficient (Wildman–Crippen LogP) is 2.37. The van der Waals surface area contributed by atoms with Crippen molar-refractivity contribution < 1.29 is 19.1 Å². The highest BCUT2D eigenvalue weighted by Gasteiger charge is 2.33. The Hall–Kier alpha value is -3.39. The smallest absolute Gasteiger partial charge is 0.326 e. The van der Waals surface area contributed by atoms with Gasteiger partial charge >= 0.3 is 6.03 Å². The van der Waals surface area contributed by atoms with Crippen LogP contribution in [0, 0.1) is 0 Å². The number of ether oxygens (including phenoxy) is 1. The maximum Gasteiger partial charge on any atom is 0.326 e. The molecule has 2 aromatic rings. The van der Waals surface area contributed by atoms with Gasteiger partial charge in [-0.15, -0.1) is 0 Å². The quantitative estimate of drug-likeness (QED) is 0.795. The van der Waals surface area contributed by atoms with Gasteiger partial charge in [0, 0.05) is 18.8 Å². The van der Waals surface area contributed by atoms with Crippen LogP contribution in [0.4, 0.5) is 21.9 Å². The largest absolute Gasteiger partial charge is 0.376 e. The molecule has 1 saturated heterocycles. The van der Waals surface area contributed by atoms with Crippen LogP contribution < -0.4 is 20.4 Å². The van der Waals surface area contributed by atoms with Crippen molar-refractivity contribution in [1.82, 2.24) is 5.32 Å². The Morgan fingerprint density at radius 3 is 2.50 bits per heavy atom. The summed E-state index contributed by atoms with van der Waals surface area (Å²) in [6.07, 6.45) is 1.96. The van der Waals surface area contributed by atoms with Crippen molar-refractivity contribution in [2.45, 2.75) is 18.9 Å². The highest BCUT2D eigenvalue weighted by atomic mass is 16.5. The normalized spacial score (nSPS) is 18.1. The third-order valence-electron chi connectivity index (χ3n) is 5.18. The standard InChI is InChI=1S/C22H24N4O4/c27-20(23-13-17-9-6-12-30-17)14-25-18-10-4-5-11-19(18)26(15-21(25)28)22(29)24-16-7-2-1-3-8-16/h1-5,7-8,10-11,17H,6,9,12-15H2,(H,23,27)(H,24,29)/t17-/m0/s1. The number of rotatable bonds is 5. The summed E-state index contributed by atoms with van der Waals surface area (Å²) in [5.74, 6) is -0.569. The average Bonchev–Trinajstić information content (AvgIpc) is 3.28. The van der Waals surface area contributed by atoms with E-state index in [-0.39, 0.29) is 31.0 Å². The second kappa shape index (κ2) is 8.96. The number of benzene rings is 2. The van der Waals surface area contributed by atoms with Gasteiger partial charge in [-0.2, -0.15) is 0 Å². The topological polar surface area (TPSA) is 91.0 Å². The molecule has 0 aromatic heterocycles. The Morgan fingerprint density at radius 1 is 1.03 bits per heavy atom. The van der Waals surface area contributed by atoms with Crippen LogP contribution >= 0.6 is 0 Å². The van der Waals surface area contributed by atoms with Gasteiger partial charge in [-0.3, -0.25) is 19.4 Å². The molecule has 2 aliphatic heterocycles. The number of nitrogens with zero attached hydrogens (tertiary/aromatic N) is 2. The van der Waals surface area contributed by atoms with E-state index in [1.807, 2.05) is 18.2 Å². The van der Waals surface area contributed by atoms with Crippen LogP contribution in [-0.2, 0) is 14.3 Å². The van der Waals surface area contributed by atoms with Gasteiger partial charge in [0.2, 0.25) is 11.8 Å². The third kappa shape index (κ3) is 4.44. The van der Waals surface area contributed by atoms with Gasteiger partial charge in [0.25, 0.3) is 0 Å². The van der Waals surface area contributed by atoms with E-state index in [2.05, 4.69) is 10.6 Å². The first kappa shape index (κ1) is 19.9. The van der Waals surface area contributed by atoms with Crippen molar-refractivity contribution >= 4 is 34.9 Å². The molecular weight excluding hydrogens is 384 g/mol. The minimum absolute atomic E-state index is 0.0375. The highest BCUT2D eigenvalue weighted by Crippen LogP contribution is 2.33. The lowest BCUT2D eigenvalue weighted by molar-refractivity contribution is -0.123. The van der Waals surface area contributed by atoms with E-state index in [1.54, 1.807) is 36.4 Å². The summed E-state index contributed by atoms with van der Waals surface area (Å²) < 4.78 is 5.51. The number of hydrogen-bond acceptors (Lipinski definition) is 4. The number of para-hydroxylation sites is 3. The van der Waals surface area contributed by atoms with Crippen LogP contribution in [0.5, 0.6) is 0 Å². The van der Waals surface area contributed by atoms with Gasteiger partial charge in [0.1, 0.15) is 13.1 Å². The number of anilines is 3.